The number of aliphatic hydroxyl groups excluding tert-OH is 1. The van der Waals surface area contributed by atoms with Gasteiger partial charge in [-0.1, -0.05) is 18.6 Å². The first-order chi connectivity index (χ1) is 8.15. The lowest BCUT2D eigenvalue weighted by atomic mass is 10.0. The van der Waals surface area contributed by atoms with E-state index in [1.807, 2.05) is 0 Å². The van der Waals surface area contributed by atoms with Crippen molar-refractivity contribution in [1.29, 1.82) is 0 Å². The fourth-order valence-electron chi connectivity index (χ4n) is 2.23. The van der Waals surface area contributed by atoms with E-state index >= 15 is 0 Å². The molecule has 1 fully saturated rings. The summed E-state index contributed by atoms with van der Waals surface area (Å²) in [5, 5.41) is 12.7. The molecule has 3 nitrogen and oxygen atoms in total. The van der Waals surface area contributed by atoms with Gasteiger partial charge < -0.3 is 10.4 Å². The fourth-order valence-corrected chi connectivity index (χ4v) is 2.23. The minimum absolute atomic E-state index is 0.258. The Labute approximate surface area is 106 Å². The summed E-state index contributed by atoms with van der Waals surface area (Å²) in [5.41, 5.74) is 1.40. The van der Waals surface area contributed by atoms with Gasteiger partial charge in [0.15, 0.2) is 0 Å². The van der Waals surface area contributed by atoms with Crippen LogP contribution in [0, 0.1) is 0 Å². The molecule has 1 aliphatic heterocycles. The van der Waals surface area contributed by atoms with Crippen molar-refractivity contribution in [2.45, 2.75) is 52.1 Å². The average Bonchev–Trinajstić information content (AvgIpc) is 2.34. The third kappa shape index (κ3) is 5.66. The van der Waals surface area contributed by atoms with Crippen LogP contribution in [0.2, 0.25) is 0 Å². The maximum Gasteiger partial charge on any atom is 0.0584 e. The number of allylic oxidation sites excluding steroid dienone is 1. The number of piperidine rings is 1. The molecule has 0 unspecified atom stereocenters. The second-order valence-electron chi connectivity index (χ2n) is 5.31. The van der Waals surface area contributed by atoms with Gasteiger partial charge in [0.2, 0.25) is 0 Å². The molecule has 1 heterocycles. The number of rotatable bonds is 6. The van der Waals surface area contributed by atoms with Gasteiger partial charge in [0.1, 0.15) is 0 Å². The predicted octanol–water partition coefficient (Wildman–Crippen LogP) is 1.78. The summed E-state index contributed by atoms with van der Waals surface area (Å²) in [6.07, 6.45) is 5.71. The number of nitrogens with zero attached hydrogens (tertiary/aromatic N) is 1. The second-order valence-corrected chi connectivity index (χ2v) is 5.31. The monoisotopic (exact) mass is 240 g/mol. The van der Waals surface area contributed by atoms with Crippen molar-refractivity contribution in [3.8, 4) is 0 Å². The molecule has 0 amide bonds. The van der Waals surface area contributed by atoms with E-state index in [1.54, 1.807) is 0 Å². The van der Waals surface area contributed by atoms with Gasteiger partial charge in [-0.05, 0) is 46.2 Å². The minimum atomic E-state index is 0.258. The van der Waals surface area contributed by atoms with E-state index in [0.717, 1.165) is 13.0 Å². The average molecular weight is 240 g/mol. The molecular weight excluding hydrogens is 212 g/mol. The molecule has 0 aliphatic carbocycles. The standard InChI is InChI=1S/C14H28N2O/c1-4-13(11-17)15-14-6-9-16(10-7-14)8-5-12(2)3/h5,13-15,17H,4,6-11H2,1-3H3/t13-/m0/s1. The summed E-state index contributed by atoms with van der Waals surface area (Å²) in [6.45, 7) is 10.1. The molecule has 0 bridgehead atoms. The van der Waals surface area contributed by atoms with E-state index in [2.05, 4.69) is 37.1 Å². The van der Waals surface area contributed by atoms with Gasteiger partial charge in [-0.3, -0.25) is 4.90 Å². The quantitative estimate of drug-likeness (QED) is 0.695. The van der Waals surface area contributed by atoms with E-state index < -0.39 is 0 Å². The minimum Gasteiger partial charge on any atom is -0.395 e. The Bertz CT molecular complexity index is 224. The zero-order valence-electron chi connectivity index (χ0n) is 11.6. The van der Waals surface area contributed by atoms with Crippen LogP contribution in [0.5, 0.6) is 0 Å². The first-order valence-electron chi connectivity index (χ1n) is 6.88. The largest absolute Gasteiger partial charge is 0.395 e. The van der Waals surface area contributed by atoms with Crippen molar-refractivity contribution in [2.75, 3.05) is 26.2 Å². The number of hydrogen-bond donors (Lipinski definition) is 2. The van der Waals surface area contributed by atoms with Crippen LogP contribution in [0.4, 0.5) is 0 Å². The van der Waals surface area contributed by atoms with Gasteiger partial charge in [0.05, 0.1) is 6.61 Å². The SMILES string of the molecule is CC[C@@H](CO)NC1CCN(CC=C(C)C)CC1. The molecule has 1 atom stereocenters. The molecule has 0 saturated carbocycles. The highest BCUT2D eigenvalue weighted by molar-refractivity contribution is 4.95. The molecule has 0 spiro atoms. The molecule has 0 aromatic carbocycles. The molecule has 100 valence electrons. The molecule has 0 aromatic heterocycles. The Balaban J connectivity index is 2.23. The normalized spacial score (nSPS) is 20.2. The van der Waals surface area contributed by atoms with Gasteiger partial charge in [0, 0.05) is 18.6 Å². The molecule has 17 heavy (non-hydrogen) atoms. The van der Waals surface area contributed by atoms with Crippen molar-refractivity contribution in [1.82, 2.24) is 10.2 Å². The highest BCUT2D eigenvalue weighted by atomic mass is 16.3. The van der Waals surface area contributed by atoms with E-state index in [1.165, 1.54) is 31.5 Å². The van der Waals surface area contributed by atoms with E-state index in [9.17, 15) is 5.11 Å². The Hall–Kier alpha value is -0.380. The van der Waals surface area contributed by atoms with Crippen LogP contribution >= 0.6 is 0 Å². The van der Waals surface area contributed by atoms with Gasteiger partial charge in [-0.25, -0.2) is 0 Å². The highest BCUT2D eigenvalue weighted by Crippen LogP contribution is 2.11. The Morgan fingerprint density at radius 1 is 1.41 bits per heavy atom. The summed E-state index contributed by atoms with van der Waals surface area (Å²) >= 11 is 0. The first-order valence-corrected chi connectivity index (χ1v) is 6.88. The number of aliphatic hydroxyl groups is 1. The molecule has 1 aliphatic rings. The van der Waals surface area contributed by atoms with Crippen LogP contribution in [0.3, 0.4) is 0 Å². The molecule has 0 aromatic rings. The van der Waals surface area contributed by atoms with Crippen LogP contribution in [0.25, 0.3) is 0 Å². The van der Waals surface area contributed by atoms with Crippen molar-refractivity contribution in [3.05, 3.63) is 11.6 Å². The summed E-state index contributed by atoms with van der Waals surface area (Å²) < 4.78 is 0. The van der Waals surface area contributed by atoms with E-state index in [4.69, 9.17) is 0 Å². The lowest BCUT2D eigenvalue weighted by Gasteiger charge is -2.33. The summed E-state index contributed by atoms with van der Waals surface area (Å²) in [6, 6.07) is 0.874. The van der Waals surface area contributed by atoms with E-state index in [-0.39, 0.29) is 12.6 Å². The van der Waals surface area contributed by atoms with Crippen molar-refractivity contribution in [2.24, 2.45) is 0 Å². The summed E-state index contributed by atoms with van der Waals surface area (Å²) in [4.78, 5) is 2.51. The van der Waals surface area contributed by atoms with Crippen LogP contribution in [-0.2, 0) is 0 Å². The third-order valence-corrected chi connectivity index (χ3v) is 3.53. The lowest BCUT2D eigenvalue weighted by Crippen LogP contribution is -2.47. The molecule has 3 heteroatoms. The van der Waals surface area contributed by atoms with Crippen LogP contribution < -0.4 is 5.32 Å². The Morgan fingerprint density at radius 2 is 2.06 bits per heavy atom. The van der Waals surface area contributed by atoms with E-state index in [0.29, 0.717) is 6.04 Å². The third-order valence-electron chi connectivity index (χ3n) is 3.53. The maximum atomic E-state index is 9.17. The van der Waals surface area contributed by atoms with Crippen LogP contribution in [0.15, 0.2) is 11.6 Å². The number of hydrogen-bond acceptors (Lipinski definition) is 3. The number of likely N-dealkylation sites (tertiary alicyclic amines) is 1. The Morgan fingerprint density at radius 3 is 2.53 bits per heavy atom. The molecule has 1 saturated heterocycles. The van der Waals surface area contributed by atoms with Crippen LogP contribution in [-0.4, -0.2) is 48.3 Å². The maximum absolute atomic E-state index is 9.17. The lowest BCUT2D eigenvalue weighted by molar-refractivity contribution is 0.179. The van der Waals surface area contributed by atoms with Crippen LogP contribution in [0.1, 0.15) is 40.0 Å². The summed E-state index contributed by atoms with van der Waals surface area (Å²) in [5.74, 6) is 0. The van der Waals surface area contributed by atoms with Gasteiger partial charge in [-0.15, -0.1) is 0 Å². The van der Waals surface area contributed by atoms with Gasteiger partial charge in [0.25, 0.3) is 0 Å². The summed E-state index contributed by atoms with van der Waals surface area (Å²) in [7, 11) is 0. The molecular formula is C14H28N2O. The highest BCUT2D eigenvalue weighted by Gasteiger charge is 2.20. The van der Waals surface area contributed by atoms with Crippen molar-refractivity contribution < 1.29 is 5.11 Å². The predicted molar refractivity (Wildman–Crippen MR) is 73.2 cm³/mol. The van der Waals surface area contributed by atoms with Gasteiger partial charge >= 0.3 is 0 Å². The molecule has 2 N–H and O–H groups in total. The Kier molecular flexibility index (Phi) is 6.78. The number of nitrogens with one attached hydrogen (secondary N) is 1. The topological polar surface area (TPSA) is 35.5 Å². The zero-order chi connectivity index (χ0) is 12.7. The first kappa shape index (κ1) is 14.7. The van der Waals surface area contributed by atoms with Crippen molar-refractivity contribution >= 4 is 0 Å². The van der Waals surface area contributed by atoms with Crippen molar-refractivity contribution in [3.63, 3.8) is 0 Å². The zero-order valence-corrected chi connectivity index (χ0v) is 11.6. The smallest absolute Gasteiger partial charge is 0.0584 e. The van der Waals surface area contributed by atoms with Gasteiger partial charge in [-0.2, -0.15) is 0 Å². The second kappa shape index (κ2) is 7.85. The molecule has 1 rings (SSSR count). The fraction of sp³-hybridized carbons (Fsp3) is 0.857. The molecule has 0 radical (unpaired) electrons.